The summed E-state index contributed by atoms with van der Waals surface area (Å²) in [5, 5.41) is 9.08. The fourth-order valence-electron chi connectivity index (χ4n) is 1.58. The highest BCUT2D eigenvalue weighted by Gasteiger charge is 2.23. The number of hydrogen-bond donors (Lipinski definition) is 3. The van der Waals surface area contributed by atoms with E-state index < -0.39 is 20.9 Å². The van der Waals surface area contributed by atoms with Crippen molar-refractivity contribution in [2.45, 2.75) is 4.90 Å². The van der Waals surface area contributed by atoms with Crippen molar-refractivity contribution in [2.75, 3.05) is 10.5 Å². The molecule has 0 bridgehead atoms. The molecule has 0 saturated heterocycles. The van der Waals surface area contributed by atoms with E-state index in [2.05, 4.69) is 25.6 Å². The van der Waals surface area contributed by atoms with Crippen molar-refractivity contribution in [1.82, 2.24) is 4.98 Å². The standard InChI is InChI=1S/C12H10BrN3O4S/c13-9-2-1-5-15-11(9)16-21(19,20)10-6-7(14)3-4-8(10)12(17)18/h1-6H,14H2,(H,15,16)(H,17,18). The summed E-state index contributed by atoms with van der Waals surface area (Å²) >= 11 is 3.15. The number of nitrogens with one attached hydrogen (secondary N) is 1. The van der Waals surface area contributed by atoms with Gasteiger partial charge in [-0.1, -0.05) is 0 Å². The van der Waals surface area contributed by atoms with Crippen molar-refractivity contribution in [3.63, 3.8) is 0 Å². The second-order valence-corrected chi connectivity index (χ2v) is 6.51. The lowest BCUT2D eigenvalue weighted by Gasteiger charge is -2.11. The largest absolute Gasteiger partial charge is 0.478 e. The Morgan fingerprint density at radius 3 is 2.67 bits per heavy atom. The molecule has 2 aromatic rings. The molecule has 2 rings (SSSR count). The molecule has 0 spiro atoms. The molecule has 0 fully saturated rings. The Labute approximate surface area is 129 Å². The van der Waals surface area contributed by atoms with Gasteiger partial charge in [0.15, 0.2) is 5.82 Å². The van der Waals surface area contributed by atoms with Crippen molar-refractivity contribution < 1.29 is 18.3 Å². The van der Waals surface area contributed by atoms with Gasteiger partial charge in [-0.2, -0.15) is 0 Å². The second kappa shape index (κ2) is 5.70. The minimum atomic E-state index is -4.14. The third-order valence-electron chi connectivity index (χ3n) is 2.52. The number of nitrogens with two attached hydrogens (primary N) is 1. The number of benzene rings is 1. The first-order chi connectivity index (χ1) is 9.81. The molecule has 4 N–H and O–H groups in total. The molecule has 1 heterocycles. The van der Waals surface area contributed by atoms with Crippen molar-refractivity contribution in [3.8, 4) is 0 Å². The molecule has 1 aromatic heterocycles. The van der Waals surface area contributed by atoms with Crippen LogP contribution in [-0.2, 0) is 10.0 Å². The molecule has 110 valence electrons. The smallest absolute Gasteiger partial charge is 0.337 e. The molecule has 0 unspecified atom stereocenters. The molecule has 21 heavy (non-hydrogen) atoms. The van der Waals surface area contributed by atoms with Gasteiger partial charge in [0.05, 0.1) is 10.0 Å². The molecule has 0 radical (unpaired) electrons. The molecular weight excluding hydrogens is 362 g/mol. The highest BCUT2D eigenvalue weighted by Crippen LogP contribution is 2.25. The first-order valence-corrected chi connectivity index (χ1v) is 7.85. The number of carbonyl (C=O) groups is 1. The van der Waals surface area contributed by atoms with Gasteiger partial charge in [-0.05, 0) is 46.3 Å². The van der Waals surface area contributed by atoms with E-state index in [1.54, 1.807) is 12.1 Å². The number of anilines is 2. The van der Waals surface area contributed by atoms with E-state index >= 15 is 0 Å². The monoisotopic (exact) mass is 371 g/mol. The average molecular weight is 372 g/mol. The molecule has 0 aliphatic carbocycles. The zero-order valence-corrected chi connectivity index (χ0v) is 12.8. The predicted molar refractivity (Wildman–Crippen MR) is 80.6 cm³/mol. The maximum atomic E-state index is 12.3. The van der Waals surface area contributed by atoms with Crippen molar-refractivity contribution in [2.24, 2.45) is 0 Å². The average Bonchev–Trinajstić information content (AvgIpc) is 2.41. The van der Waals surface area contributed by atoms with Crippen molar-refractivity contribution >= 4 is 43.4 Å². The van der Waals surface area contributed by atoms with E-state index in [1.807, 2.05) is 0 Å². The fourth-order valence-corrected chi connectivity index (χ4v) is 3.33. The van der Waals surface area contributed by atoms with Crippen LogP contribution in [0.1, 0.15) is 10.4 Å². The van der Waals surface area contributed by atoms with Crippen LogP contribution in [0.5, 0.6) is 0 Å². The normalized spacial score (nSPS) is 11.1. The highest BCUT2D eigenvalue weighted by atomic mass is 79.9. The SMILES string of the molecule is Nc1ccc(C(=O)O)c(S(=O)(=O)Nc2ncccc2Br)c1. The molecule has 0 aliphatic rings. The fraction of sp³-hybridized carbons (Fsp3) is 0. The number of sulfonamides is 1. The maximum absolute atomic E-state index is 12.3. The molecule has 0 amide bonds. The molecule has 9 heteroatoms. The van der Waals surface area contributed by atoms with E-state index in [1.165, 1.54) is 12.3 Å². The van der Waals surface area contributed by atoms with E-state index in [-0.39, 0.29) is 17.1 Å². The van der Waals surface area contributed by atoms with Gasteiger partial charge in [0.1, 0.15) is 4.90 Å². The topological polar surface area (TPSA) is 122 Å². The van der Waals surface area contributed by atoms with Crippen LogP contribution in [0.2, 0.25) is 0 Å². The van der Waals surface area contributed by atoms with Gasteiger partial charge in [-0.3, -0.25) is 4.72 Å². The zero-order chi connectivity index (χ0) is 15.6. The molecule has 1 aromatic carbocycles. The van der Waals surface area contributed by atoms with Crippen LogP contribution in [0.15, 0.2) is 45.9 Å². The summed E-state index contributed by atoms with van der Waals surface area (Å²) in [6, 6.07) is 6.76. The van der Waals surface area contributed by atoms with Crippen LogP contribution >= 0.6 is 15.9 Å². The lowest BCUT2D eigenvalue weighted by atomic mass is 10.2. The van der Waals surface area contributed by atoms with Crippen LogP contribution in [0, 0.1) is 0 Å². The van der Waals surface area contributed by atoms with Crippen molar-refractivity contribution in [1.29, 1.82) is 0 Å². The Bertz CT molecular complexity index is 808. The molecule has 0 aliphatic heterocycles. The van der Waals surface area contributed by atoms with Crippen LogP contribution in [-0.4, -0.2) is 24.5 Å². The van der Waals surface area contributed by atoms with Gasteiger partial charge in [0.25, 0.3) is 10.0 Å². The van der Waals surface area contributed by atoms with Gasteiger partial charge in [-0.15, -0.1) is 0 Å². The van der Waals surface area contributed by atoms with E-state index in [9.17, 15) is 13.2 Å². The van der Waals surface area contributed by atoms with Gasteiger partial charge in [-0.25, -0.2) is 18.2 Å². The number of rotatable bonds is 4. The van der Waals surface area contributed by atoms with Crippen LogP contribution in [0.3, 0.4) is 0 Å². The summed E-state index contributed by atoms with van der Waals surface area (Å²) in [7, 11) is -4.14. The Morgan fingerprint density at radius 1 is 1.33 bits per heavy atom. The Kier molecular flexibility index (Phi) is 4.14. The third kappa shape index (κ3) is 3.31. The van der Waals surface area contributed by atoms with Crippen LogP contribution < -0.4 is 10.5 Å². The molecule has 0 atom stereocenters. The number of carboxylic acids is 1. The summed E-state index contributed by atoms with van der Waals surface area (Å²) in [6.45, 7) is 0. The molecule has 0 saturated carbocycles. The van der Waals surface area contributed by atoms with Gasteiger partial charge in [0, 0.05) is 11.9 Å². The minimum Gasteiger partial charge on any atom is -0.478 e. The lowest BCUT2D eigenvalue weighted by molar-refractivity contribution is 0.0692. The number of halogens is 1. The summed E-state index contributed by atoms with van der Waals surface area (Å²) in [4.78, 5) is 14.6. The molecular formula is C12H10BrN3O4S. The number of nitrogens with zero attached hydrogens (tertiary/aromatic N) is 1. The molecule has 7 nitrogen and oxygen atoms in total. The van der Waals surface area contributed by atoms with E-state index in [4.69, 9.17) is 10.8 Å². The van der Waals surface area contributed by atoms with Gasteiger partial charge in [0.2, 0.25) is 0 Å². The number of carboxylic acid groups (broad SMARTS) is 1. The second-order valence-electron chi connectivity index (χ2n) is 4.00. The maximum Gasteiger partial charge on any atom is 0.337 e. The van der Waals surface area contributed by atoms with E-state index in [0.29, 0.717) is 4.47 Å². The number of aromatic carboxylic acids is 1. The summed E-state index contributed by atoms with van der Waals surface area (Å²) in [5.41, 5.74) is 5.31. The van der Waals surface area contributed by atoms with Gasteiger partial charge < -0.3 is 10.8 Å². The summed E-state index contributed by atoms with van der Waals surface area (Å²) in [5.74, 6) is -1.31. The number of nitrogen functional groups attached to an aromatic ring is 1. The van der Waals surface area contributed by atoms with Crippen LogP contribution in [0.4, 0.5) is 11.5 Å². The zero-order valence-electron chi connectivity index (χ0n) is 10.4. The highest BCUT2D eigenvalue weighted by molar-refractivity contribution is 9.10. The number of aromatic nitrogens is 1. The lowest BCUT2D eigenvalue weighted by Crippen LogP contribution is -2.18. The number of hydrogen-bond acceptors (Lipinski definition) is 5. The summed E-state index contributed by atoms with van der Waals surface area (Å²) in [6.07, 6.45) is 1.40. The first-order valence-electron chi connectivity index (χ1n) is 5.57. The predicted octanol–water partition coefficient (Wildman–Crippen LogP) is 1.93. The quantitative estimate of drug-likeness (QED) is 0.705. The third-order valence-corrected chi connectivity index (χ3v) is 4.53. The van der Waals surface area contributed by atoms with Crippen molar-refractivity contribution in [3.05, 3.63) is 46.6 Å². The van der Waals surface area contributed by atoms with E-state index in [0.717, 1.165) is 12.1 Å². The Balaban J connectivity index is 2.52. The Hall–Kier alpha value is -2.13. The van der Waals surface area contributed by atoms with Crippen LogP contribution in [0.25, 0.3) is 0 Å². The van der Waals surface area contributed by atoms with Gasteiger partial charge >= 0.3 is 5.97 Å². The first kappa shape index (κ1) is 15.3. The number of pyridine rings is 1. The minimum absolute atomic E-state index is 0.0521. The Morgan fingerprint density at radius 2 is 2.05 bits per heavy atom. The summed E-state index contributed by atoms with van der Waals surface area (Å²) < 4.78 is 27.3.